The number of rotatable bonds is 2. The van der Waals surface area contributed by atoms with E-state index in [1.807, 2.05) is 12.1 Å². The first-order valence-electron chi connectivity index (χ1n) is 4.83. The molecule has 0 N–H and O–H groups in total. The Hall–Kier alpha value is -1.22. The molecular formula is C13H9BrF2. The second-order valence-corrected chi connectivity index (χ2v) is 4.50. The highest BCUT2D eigenvalue weighted by Gasteiger charge is 2.01. The molecule has 2 rings (SSSR count). The third-order valence-corrected chi connectivity index (χ3v) is 2.68. The van der Waals surface area contributed by atoms with Gasteiger partial charge in [0.25, 0.3) is 0 Å². The minimum Gasteiger partial charge on any atom is -0.207 e. The van der Waals surface area contributed by atoms with Gasteiger partial charge in [0.15, 0.2) is 0 Å². The van der Waals surface area contributed by atoms with Gasteiger partial charge in [0.05, 0.1) is 0 Å². The minimum atomic E-state index is -0.291. The van der Waals surface area contributed by atoms with E-state index in [1.165, 1.54) is 24.3 Å². The van der Waals surface area contributed by atoms with Crippen LogP contribution in [0, 0.1) is 11.6 Å². The summed E-state index contributed by atoms with van der Waals surface area (Å²) in [6, 6.07) is 11.0. The molecule has 0 aromatic heterocycles. The molecular weight excluding hydrogens is 274 g/mol. The van der Waals surface area contributed by atoms with Crippen molar-refractivity contribution in [3.63, 3.8) is 0 Å². The second-order valence-electron chi connectivity index (χ2n) is 3.58. The Kier molecular flexibility index (Phi) is 3.34. The van der Waals surface area contributed by atoms with Crippen LogP contribution < -0.4 is 0 Å². The molecule has 0 amide bonds. The molecule has 0 bridgehead atoms. The molecule has 2 aromatic rings. The highest BCUT2D eigenvalue weighted by molar-refractivity contribution is 9.10. The summed E-state index contributed by atoms with van der Waals surface area (Å²) in [5.74, 6) is -0.561. The van der Waals surface area contributed by atoms with Crippen molar-refractivity contribution in [1.29, 1.82) is 0 Å². The number of benzene rings is 2. The Morgan fingerprint density at radius 3 is 2.31 bits per heavy atom. The molecule has 0 unspecified atom stereocenters. The Morgan fingerprint density at radius 1 is 0.875 bits per heavy atom. The first-order chi connectivity index (χ1) is 7.63. The van der Waals surface area contributed by atoms with Crippen LogP contribution in [0.15, 0.2) is 46.9 Å². The number of hydrogen-bond acceptors (Lipinski definition) is 0. The fourth-order valence-corrected chi connectivity index (χ4v) is 2.11. The molecule has 0 atom stereocenters. The summed E-state index contributed by atoms with van der Waals surface area (Å²) in [7, 11) is 0. The van der Waals surface area contributed by atoms with E-state index in [0.29, 0.717) is 10.9 Å². The van der Waals surface area contributed by atoms with Gasteiger partial charge in [0.2, 0.25) is 0 Å². The molecule has 16 heavy (non-hydrogen) atoms. The quantitative estimate of drug-likeness (QED) is 0.770. The van der Waals surface area contributed by atoms with Gasteiger partial charge < -0.3 is 0 Å². The van der Waals surface area contributed by atoms with Crippen molar-refractivity contribution in [3.8, 4) is 0 Å². The van der Waals surface area contributed by atoms with Crippen molar-refractivity contribution < 1.29 is 8.78 Å². The topological polar surface area (TPSA) is 0 Å². The summed E-state index contributed by atoms with van der Waals surface area (Å²) in [5.41, 5.74) is 1.65. The Balaban J connectivity index is 2.27. The SMILES string of the molecule is Fc1cccc(Cc2cc(F)cc(Br)c2)c1. The maximum atomic E-state index is 13.1. The normalized spacial score (nSPS) is 10.4. The highest BCUT2D eigenvalue weighted by Crippen LogP contribution is 2.18. The van der Waals surface area contributed by atoms with Crippen molar-refractivity contribution >= 4 is 15.9 Å². The molecule has 0 radical (unpaired) electrons. The zero-order valence-electron chi connectivity index (χ0n) is 8.38. The van der Waals surface area contributed by atoms with E-state index in [2.05, 4.69) is 15.9 Å². The monoisotopic (exact) mass is 282 g/mol. The molecule has 0 aliphatic carbocycles. The molecule has 0 spiro atoms. The van der Waals surface area contributed by atoms with Crippen LogP contribution in [0.2, 0.25) is 0 Å². The van der Waals surface area contributed by atoms with Gasteiger partial charge in [-0.2, -0.15) is 0 Å². The van der Waals surface area contributed by atoms with Crippen molar-refractivity contribution in [2.45, 2.75) is 6.42 Å². The van der Waals surface area contributed by atoms with E-state index in [1.54, 1.807) is 6.07 Å². The van der Waals surface area contributed by atoms with E-state index in [9.17, 15) is 8.78 Å². The lowest BCUT2D eigenvalue weighted by Gasteiger charge is -2.03. The van der Waals surface area contributed by atoms with Gasteiger partial charge in [-0.3, -0.25) is 0 Å². The fraction of sp³-hybridized carbons (Fsp3) is 0.0769. The third kappa shape index (κ3) is 2.89. The standard InChI is InChI=1S/C13H9BrF2/c14-11-5-10(7-13(16)8-11)4-9-2-1-3-12(15)6-9/h1-3,5-8H,4H2. The lowest BCUT2D eigenvalue weighted by Crippen LogP contribution is -1.90. The van der Waals surface area contributed by atoms with Gasteiger partial charge >= 0.3 is 0 Å². The number of halogens is 3. The number of hydrogen-bond donors (Lipinski definition) is 0. The molecule has 0 heterocycles. The molecule has 3 heteroatoms. The van der Waals surface area contributed by atoms with Gasteiger partial charge in [-0.15, -0.1) is 0 Å². The van der Waals surface area contributed by atoms with Crippen LogP contribution in [-0.4, -0.2) is 0 Å². The molecule has 0 nitrogen and oxygen atoms in total. The van der Waals surface area contributed by atoms with Crippen LogP contribution in [0.3, 0.4) is 0 Å². The van der Waals surface area contributed by atoms with Crippen LogP contribution in [0.5, 0.6) is 0 Å². The van der Waals surface area contributed by atoms with Gasteiger partial charge in [0, 0.05) is 4.47 Å². The average Bonchev–Trinajstić information content (AvgIpc) is 2.15. The largest absolute Gasteiger partial charge is 0.207 e. The van der Waals surface area contributed by atoms with E-state index >= 15 is 0 Å². The summed E-state index contributed by atoms with van der Waals surface area (Å²) in [5, 5.41) is 0. The smallest absolute Gasteiger partial charge is 0.124 e. The zero-order valence-corrected chi connectivity index (χ0v) is 9.97. The molecule has 0 aliphatic rings. The summed E-state index contributed by atoms with van der Waals surface area (Å²) in [6.07, 6.45) is 0.522. The van der Waals surface area contributed by atoms with Crippen molar-refractivity contribution in [2.75, 3.05) is 0 Å². The third-order valence-electron chi connectivity index (χ3n) is 2.22. The zero-order chi connectivity index (χ0) is 11.5. The second kappa shape index (κ2) is 4.74. The Morgan fingerprint density at radius 2 is 1.62 bits per heavy atom. The molecule has 82 valence electrons. The summed E-state index contributed by atoms with van der Waals surface area (Å²) >= 11 is 3.23. The molecule has 0 fully saturated rings. The van der Waals surface area contributed by atoms with Gasteiger partial charge in [-0.05, 0) is 47.9 Å². The van der Waals surface area contributed by atoms with Crippen LogP contribution >= 0.6 is 15.9 Å². The van der Waals surface area contributed by atoms with Gasteiger partial charge in [0.1, 0.15) is 11.6 Å². The Labute approximate surface area is 101 Å². The van der Waals surface area contributed by atoms with Gasteiger partial charge in [-0.25, -0.2) is 8.78 Å². The van der Waals surface area contributed by atoms with E-state index in [4.69, 9.17) is 0 Å². The van der Waals surface area contributed by atoms with Crippen LogP contribution in [0.25, 0.3) is 0 Å². The lowest BCUT2D eigenvalue weighted by molar-refractivity contribution is 0.623. The predicted molar refractivity (Wildman–Crippen MR) is 63.3 cm³/mol. The highest BCUT2D eigenvalue weighted by atomic mass is 79.9. The molecule has 2 aromatic carbocycles. The molecule has 0 saturated carbocycles. The van der Waals surface area contributed by atoms with Crippen molar-refractivity contribution in [1.82, 2.24) is 0 Å². The maximum Gasteiger partial charge on any atom is 0.124 e. The van der Waals surface area contributed by atoms with Crippen LogP contribution in [0.4, 0.5) is 8.78 Å². The first kappa shape index (κ1) is 11.3. The van der Waals surface area contributed by atoms with Crippen LogP contribution in [-0.2, 0) is 6.42 Å². The maximum absolute atomic E-state index is 13.1. The first-order valence-corrected chi connectivity index (χ1v) is 5.62. The average molecular weight is 283 g/mol. The fourth-order valence-electron chi connectivity index (χ4n) is 1.60. The van der Waals surface area contributed by atoms with Crippen LogP contribution in [0.1, 0.15) is 11.1 Å². The molecule has 0 aliphatic heterocycles. The summed E-state index contributed by atoms with van der Waals surface area (Å²) < 4.78 is 26.7. The van der Waals surface area contributed by atoms with Crippen molar-refractivity contribution in [2.24, 2.45) is 0 Å². The molecule has 0 saturated heterocycles. The van der Waals surface area contributed by atoms with E-state index in [0.717, 1.165) is 11.1 Å². The summed E-state index contributed by atoms with van der Waals surface area (Å²) in [6.45, 7) is 0. The summed E-state index contributed by atoms with van der Waals surface area (Å²) in [4.78, 5) is 0. The van der Waals surface area contributed by atoms with E-state index < -0.39 is 0 Å². The minimum absolute atomic E-state index is 0.270. The predicted octanol–water partition coefficient (Wildman–Crippen LogP) is 4.32. The lowest BCUT2D eigenvalue weighted by atomic mass is 10.1. The van der Waals surface area contributed by atoms with Crippen molar-refractivity contribution in [3.05, 3.63) is 69.7 Å². The van der Waals surface area contributed by atoms with Gasteiger partial charge in [-0.1, -0.05) is 28.1 Å². The van der Waals surface area contributed by atoms with E-state index in [-0.39, 0.29) is 11.6 Å². The Bertz CT molecular complexity index is 489.